The summed E-state index contributed by atoms with van der Waals surface area (Å²) in [7, 11) is -3.60. The van der Waals surface area contributed by atoms with Crippen LogP contribution in [0.4, 0.5) is 5.69 Å². The molecule has 0 radical (unpaired) electrons. The van der Waals surface area contributed by atoms with Gasteiger partial charge in [-0.2, -0.15) is 0 Å². The minimum absolute atomic E-state index is 0.108. The molecule has 2 N–H and O–H groups in total. The van der Waals surface area contributed by atoms with Crippen molar-refractivity contribution >= 4 is 32.6 Å². The van der Waals surface area contributed by atoms with Crippen LogP contribution in [-0.4, -0.2) is 26.5 Å². The lowest BCUT2D eigenvalue weighted by Crippen LogP contribution is -2.31. The average Bonchev–Trinajstić information content (AvgIpc) is 2.67. The first-order valence-corrected chi connectivity index (χ1v) is 11.2. The number of rotatable bonds is 7. The number of benzene rings is 2. The molecule has 0 aliphatic heterocycles. The first-order chi connectivity index (χ1) is 14.5. The molecule has 0 aliphatic rings. The van der Waals surface area contributed by atoms with Crippen molar-refractivity contribution in [2.75, 3.05) is 5.32 Å². The lowest BCUT2D eigenvalue weighted by atomic mass is 10.1. The van der Waals surface area contributed by atoms with Gasteiger partial charge in [0.05, 0.1) is 4.90 Å². The first kappa shape index (κ1) is 22.5. The van der Waals surface area contributed by atoms with Gasteiger partial charge in [-0.15, -0.1) is 0 Å². The number of carbonyl (C=O) groups excluding carboxylic acids is 1. The SMILES string of the molecule is Cc1cc(=O)oc2cc(O[C@@H](C)C(=O)Nc3ccc(S(=O)(=O)NC(C)C)cc3)ccc12. The van der Waals surface area contributed by atoms with Gasteiger partial charge in [-0.25, -0.2) is 17.9 Å². The zero-order valence-electron chi connectivity index (χ0n) is 17.6. The molecule has 0 saturated carbocycles. The Kier molecular flexibility index (Phi) is 6.47. The molecule has 0 aliphatic carbocycles. The highest BCUT2D eigenvalue weighted by Gasteiger charge is 2.18. The molecular weight excluding hydrogens is 420 g/mol. The van der Waals surface area contributed by atoms with Crippen LogP contribution in [0.15, 0.2) is 62.6 Å². The van der Waals surface area contributed by atoms with E-state index >= 15 is 0 Å². The predicted octanol–water partition coefficient (Wildman–Crippen LogP) is 3.19. The van der Waals surface area contributed by atoms with Gasteiger partial charge >= 0.3 is 5.63 Å². The number of hydrogen-bond donors (Lipinski definition) is 2. The van der Waals surface area contributed by atoms with Crippen molar-refractivity contribution in [2.24, 2.45) is 0 Å². The van der Waals surface area contributed by atoms with Crippen LogP contribution in [0.3, 0.4) is 0 Å². The summed E-state index contributed by atoms with van der Waals surface area (Å²) in [5.41, 5.74) is 1.14. The molecule has 0 bridgehead atoms. The lowest BCUT2D eigenvalue weighted by Gasteiger charge is -2.15. The Labute approximate surface area is 180 Å². The fraction of sp³-hybridized carbons (Fsp3) is 0.273. The van der Waals surface area contributed by atoms with E-state index < -0.39 is 27.7 Å². The third-order valence-electron chi connectivity index (χ3n) is 4.43. The molecule has 0 spiro atoms. The van der Waals surface area contributed by atoms with E-state index in [1.807, 2.05) is 6.92 Å². The average molecular weight is 445 g/mol. The fourth-order valence-electron chi connectivity index (χ4n) is 2.98. The zero-order valence-corrected chi connectivity index (χ0v) is 18.4. The van der Waals surface area contributed by atoms with Crippen molar-refractivity contribution < 1.29 is 22.4 Å². The molecule has 0 fully saturated rings. The topological polar surface area (TPSA) is 115 Å². The van der Waals surface area contributed by atoms with Gasteiger partial charge < -0.3 is 14.5 Å². The molecule has 164 valence electrons. The summed E-state index contributed by atoms with van der Waals surface area (Å²) in [5, 5.41) is 3.47. The lowest BCUT2D eigenvalue weighted by molar-refractivity contribution is -0.122. The molecule has 1 aromatic heterocycles. The standard InChI is InChI=1S/C22H24N2O6S/c1-13(2)24-31(27,28)18-8-5-16(6-9-18)23-22(26)15(4)29-17-7-10-19-14(3)11-21(25)30-20(19)12-17/h5-13,15,24H,1-4H3,(H,23,26)/t15-/m0/s1. The summed E-state index contributed by atoms with van der Waals surface area (Å²) in [6.45, 7) is 6.86. The van der Waals surface area contributed by atoms with E-state index in [9.17, 15) is 18.0 Å². The zero-order chi connectivity index (χ0) is 22.8. The number of carbonyl (C=O) groups is 1. The second kappa shape index (κ2) is 8.91. The van der Waals surface area contributed by atoms with Crippen LogP contribution in [-0.2, 0) is 14.8 Å². The number of amides is 1. The molecule has 9 heteroatoms. The number of ether oxygens (including phenoxy) is 1. The van der Waals surface area contributed by atoms with Crippen LogP contribution in [0, 0.1) is 6.92 Å². The molecule has 1 heterocycles. The summed E-state index contributed by atoms with van der Waals surface area (Å²) in [4.78, 5) is 24.2. The minimum Gasteiger partial charge on any atom is -0.481 e. The van der Waals surface area contributed by atoms with Gasteiger partial charge in [0.2, 0.25) is 10.0 Å². The summed E-state index contributed by atoms with van der Waals surface area (Å²) >= 11 is 0. The minimum atomic E-state index is -3.60. The van der Waals surface area contributed by atoms with E-state index in [0.717, 1.165) is 10.9 Å². The van der Waals surface area contributed by atoms with E-state index in [4.69, 9.17) is 9.15 Å². The summed E-state index contributed by atoms with van der Waals surface area (Å²) in [6, 6.07) is 12.1. The molecule has 0 saturated heterocycles. The maximum absolute atomic E-state index is 12.5. The van der Waals surface area contributed by atoms with Crippen molar-refractivity contribution in [3.05, 3.63) is 64.5 Å². The maximum Gasteiger partial charge on any atom is 0.336 e. The van der Waals surface area contributed by atoms with Gasteiger partial charge in [0.25, 0.3) is 5.91 Å². The molecule has 2 aromatic carbocycles. The van der Waals surface area contributed by atoms with Crippen LogP contribution in [0.25, 0.3) is 11.0 Å². The highest BCUT2D eigenvalue weighted by molar-refractivity contribution is 7.89. The first-order valence-electron chi connectivity index (χ1n) is 9.69. The Balaban J connectivity index is 1.68. The number of aryl methyl sites for hydroxylation is 1. The van der Waals surface area contributed by atoms with Crippen molar-refractivity contribution in [2.45, 2.75) is 44.7 Å². The number of sulfonamides is 1. The van der Waals surface area contributed by atoms with Crippen LogP contribution in [0.2, 0.25) is 0 Å². The van der Waals surface area contributed by atoms with Gasteiger partial charge in [-0.3, -0.25) is 4.79 Å². The third kappa shape index (κ3) is 5.50. The van der Waals surface area contributed by atoms with E-state index in [2.05, 4.69) is 10.0 Å². The monoisotopic (exact) mass is 444 g/mol. The van der Waals surface area contributed by atoms with E-state index in [0.29, 0.717) is 17.0 Å². The summed E-state index contributed by atoms with van der Waals surface area (Å²) in [5.74, 6) is -0.0354. The van der Waals surface area contributed by atoms with Crippen molar-refractivity contribution in [1.82, 2.24) is 4.72 Å². The van der Waals surface area contributed by atoms with Gasteiger partial charge in [-0.05, 0) is 69.7 Å². The Morgan fingerprint density at radius 1 is 1.03 bits per heavy atom. The van der Waals surface area contributed by atoms with Crippen molar-refractivity contribution in [1.29, 1.82) is 0 Å². The summed E-state index contributed by atoms with van der Waals surface area (Å²) in [6.07, 6.45) is -0.847. The quantitative estimate of drug-likeness (QED) is 0.541. The van der Waals surface area contributed by atoms with E-state index in [1.165, 1.54) is 30.3 Å². The van der Waals surface area contributed by atoms with Crippen molar-refractivity contribution in [3.8, 4) is 5.75 Å². The Bertz CT molecular complexity index is 1260. The molecule has 31 heavy (non-hydrogen) atoms. The van der Waals surface area contributed by atoms with Crippen LogP contribution in [0.5, 0.6) is 5.75 Å². The Hall–Kier alpha value is -3.17. The second-order valence-electron chi connectivity index (χ2n) is 7.46. The smallest absolute Gasteiger partial charge is 0.336 e. The predicted molar refractivity (Wildman–Crippen MR) is 118 cm³/mol. The normalized spacial score (nSPS) is 12.7. The van der Waals surface area contributed by atoms with Gasteiger partial charge in [-0.1, -0.05) is 0 Å². The number of anilines is 1. The molecule has 1 amide bonds. The molecule has 8 nitrogen and oxygen atoms in total. The molecular formula is C22H24N2O6S. The van der Waals surface area contributed by atoms with Crippen molar-refractivity contribution in [3.63, 3.8) is 0 Å². The number of nitrogens with one attached hydrogen (secondary N) is 2. The fourth-order valence-corrected chi connectivity index (χ4v) is 4.23. The van der Waals surface area contributed by atoms with E-state index in [-0.39, 0.29) is 10.9 Å². The highest BCUT2D eigenvalue weighted by atomic mass is 32.2. The van der Waals surface area contributed by atoms with Gasteiger partial charge in [0.1, 0.15) is 11.3 Å². The Morgan fingerprint density at radius 2 is 1.71 bits per heavy atom. The number of hydrogen-bond acceptors (Lipinski definition) is 6. The van der Waals surface area contributed by atoms with Gasteiger partial charge in [0.15, 0.2) is 6.10 Å². The summed E-state index contributed by atoms with van der Waals surface area (Å²) < 4.78 is 37.7. The molecule has 3 aromatic rings. The van der Waals surface area contributed by atoms with E-state index in [1.54, 1.807) is 39.0 Å². The maximum atomic E-state index is 12.5. The molecule has 3 rings (SSSR count). The van der Waals surface area contributed by atoms with Crippen LogP contribution >= 0.6 is 0 Å². The van der Waals surface area contributed by atoms with Crippen LogP contribution < -0.4 is 20.4 Å². The van der Waals surface area contributed by atoms with Crippen LogP contribution in [0.1, 0.15) is 26.3 Å². The highest BCUT2D eigenvalue weighted by Crippen LogP contribution is 2.23. The second-order valence-corrected chi connectivity index (χ2v) is 9.17. The van der Waals surface area contributed by atoms with Gasteiger partial charge in [0, 0.05) is 29.2 Å². The molecule has 0 unspecified atom stereocenters. The third-order valence-corrected chi connectivity index (χ3v) is 6.10. The number of fused-ring (bicyclic) bond motifs is 1. The Morgan fingerprint density at radius 3 is 2.35 bits per heavy atom. The molecule has 1 atom stereocenters. The largest absolute Gasteiger partial charge is 0.481 e.